The van der Waals surface area contributed by atoms with Crippen LogP contribution in [0.5, 0.6) is 5.75 Å². The summed E-state index contributed by atoms with van der Waals surface area (Å²) in [5.74, 6) is 0.242. The predicted molar refractivity (Wildman–Crippen MR) is 174 cm³/mol. The summed E-state index contributed by atoms with van der Waals surface area (Å²) in [5, 5.41) is 5.68. The van der Waals surface area contributed by atoms with Crippen LogP contribution < -0.4 is 14.6 Å². The van der Waals surface area contributed by atoms with Crippen molar-refractivity contribution in [1.29, 1.82) is 0 Å². The number of carbonyl (C=O) groups is 2. The topological polar surface area (TPSA) is 121 Å². The fourth-order valence-corrected chi connectivity index (χ4v) is 5.29. The van der Waals surface area contributed by atoms with Crippen molar-refractivity contribution in [3.63, 3.8) is 0 Å². The maximum absolute atomic E-state index is 12.7. The zero-order chi connectivity index (χ0) is 33.2. The van der Waals surface area contributed by atoms with E-state index in [1.165, 1.54) is 0 Å². The molecular weight excluding hydrogens is 596 g/mol. The second-order valence-corrected chi connectivity index (χ2v) is 14.5. The summed E-state index contributed by atoms with van der Waals surface area (Å²) in [7, 11) is -1.60. The van der Waals surface area contributed by atoms with E-state index in [1.54, 1.807) is 12.1 Å². The summed E-state index contributed by atoms with van der Waals surface area (Å²) in [6.07, 6.45) is 0.565. The number of nitrogens with zero attached hydrogens (tertiary/aromatic N) is 1. The smallest absolute Gasteiger partial charge is 0.412 e. The molecule has 0 aliphatic heterocycles. The van der Waals surface area contributed by atoms with E-state index in [-0.39, 0.29) is 25.6 Å². The van der Waals surface area contributed by atoms with Gasteiger partial charge in [-0.15, -0.1) is 0 Å². The van der Waals surface area contributed by atoms with Gasteiger partial charge in [-0.2, -0.15) is 13.0 Å². The van der Waals surface area contributed by atoms with Gasteiger partial charge in [0.15, 0.2) is 0 Å². The lowest BCUT2D eigenvalue weighted by Crippen LogP contribution is -2.33. The molecule has 0 radical (unpaired) electrons. The van der Waals surface area contributed by atoms with E-state index in [9.17, 15) is 18.0 Å². The number of carbonyl (C=O) groups excluding carboxylic acids is 2. The second kappa shape index (κ2) is 13.0. The van der Waals surface area contributed by atoms with Gasteiger partial charge in [-0.1, -0.05) is 12.1 Å². The molecule has 1 N–H and O–H groups in total. The molecule has 0 saturated carbocycles. The van der Waals surface area contributed by atoms with Crippen molar-refractivity contribution >= 4 is 49.5 Å². The number of ether oxygens (including phenoxy) is 3. The highest BCUT2D eigenvalue weighted by atomic mass is 32.2. The number of anilines is 1. The quantitative estimate of drug-likeness (QED) is 0.0772. The second-order valence-electron chi connectivity index (χ2n) is 12.8. The Balaban J connectivity index is 1.78. The first-order chi connectivity index (χ1) is 20.9. The van der Waals surface area contributed by atoms with Crippen LogP contribution in [0, 0.1) is 0 Å². The molecule has 0 saturated heterocycles. The van der Waals surface area contributed by atoms with Crippen LogP contribution in [0.25, 0.3) is 32.9 Å². The Morgan fingerprint density at radius 3 is 2.07 bits per heavy atom. The Labute approximate surface area is 264 Å². The number of esters is 1. The van der Waals surface area contributed by atoms with E-state index in [0.29, 0.717) is 11.4 Å². The first-order valence-corrected chi connectivity index (χ1v) is 16.4. The van der Waals surface area contributed by atoms with Crippen LogP contribution in [0.4, 0.5) is 10.5 Å². The molecule has 0 bridgehead atoms. The average Bonchev–Trinajstić information content (AvgIpc) is 2.89. The molecule has 0 fully saturated rings. The summed E-state index contributed by atoms with van der Waals surface area (Å²) in [5.41, 5.74) is 2.79. The lowest BCUT2D eigenvalue weighted by atomic mass is 9.96. The third-order valence-electron chi connectivity index (χ3n) is 6.51. The molecule has 0 unspecified atom stereocenters. The molecule has 1 amide bonds. The van der Waals surface area contributed by atoms with Crippen LogP contribution in [-0.2, 0) is 42.0 Å². The van der Waals surface area contributed by atoms with Gasteiger partial charge < -0.3 is 14.2 Å². The SMILES string of the molecule is C[n+]1c(-c2ccc(OCCOS(C)(=O)=O)cc2)c2cc(CC(=O)OC(C)(C)C)ccc2c2ccc(NC(=O)OC(C)(C)C)cc21. The third kappa shape index (κ3) is 9.39. The average molecular weight is 638 g/mol. The number of hydrogen-bond acceptors (Lipinski definition) is 8. The summed E-state index contributed by atoms with van der Waals surface area (Å²) in [6.45, 7) is 10.9. The number of aromatic nitrogens is 1. The normalized spacial score (nSPS) is 12.3. The predicted octanol–water partition coefficient (Wildman–Crippen LogP) is 6.07. The van der Waals surface area contributed by atoms with Crippen molar-refractivity contribution < 1.29 is 41.0 Å². The fourth-order valence-electron chi connectivity index (χ4n) is 4.92. The van der Waals surface area contributed by atoms with Crippen molar-refractivity contribution in [3.05, 3.63) is 66.2 Å². The Hall–Kier alpha value is -4.22. The molecule has 10 nitrogen and oxygen atoms in total. The van der Waals surface area contributed by atoms with E-state index in [0.717, 1.165) is 44.8 Å². The van der Waals surface area contributed by atoms with E-state index in [2.05, 4.69) is 5.32 Å². The molecule has 1 heterocycles. The van der Waals surface area contributed by atoms with Crippen LogP contribution >= 0.6 is 0 Å². The van der Waals surface area contributed by atoms with Crippen LogP contribution in [0.3, 0.4) is 0 Å². The van der Waals surface area contributed by atoms with Gasteiger partial charge in [0.05, 0.1) is 29.1 Å². The molecule has 240 valence electrons. The third-order valence-corrected chi connectivity index (χ3v) is 7.11. The highest BCUT2D eigenvalue weighted by molar-refractivity contribution is 7.85. The van der Waals surface area contributed by atoms with Gasteiger partial charge in [-0.3, -0.25) is 14.3 Å². The van der Waals surface area contributed by atoms with Crippen LogP contribution in [-0.4, -0.2) is 51.2 Å². The van der Waals surface area contributed by atoms with E-state index < -0.39 is 27.4 Å². The number of fused-ring (bicyclic) bond motifs is 3. The summed E-state index contributed by atoms with van der Waals surface area (Å²) >= 11 is 0. The molecular formula is C34H41N2O8S+. The molecule has 4 aromatic rings. The molecule has 4 rings (SSSR count). The summed E-state index contributed by atoms with van der Waals surface area (Å²) < 4.78 is 45.9. The van der Waals surface area contributed by atoms with Gasteiger partial charge in [0.2, 0.25) is 11.2 Å². The van der Waals surface area contributed by atoms with Crippen LogP contribution in [0.1, 0.15) is 47.1 Å². The number of nitrogens with one attached hydrogen (secondary N) is 1. The zero-order valence-electron chi connectivity index (χ0n) is 27.0. The molecule has 0 aliphatic rings. The lowest BCUT2D eigenvalue weighted by Gasteiger charge is -2.20. The Morgan fingerprint density at radius 2 is 1.44 bits per heavy atom. The number of rotatable bonds is 9. The van der Waals surface area contributed by atoms with E-state index in [4.69, 9.17) is 18.4 Å². The Morgan fingerprint density at radius 1 is 0.800 bits per heavy atom. The maximum Gasteiger partial charge on any atom is 0.412 e. The lowest BCUT2D eigenvalue weighted by molar-refractivity contribution is -0.632. The maximum atomic E-state index is 12.7. The zero-order valence-corrected chi connectivity index (χ0v) is 27.8. The van der Waals surface area contributed by atoms with Gasteiger partial charge in [0.25, 0.3) is 10.1 Å². The molecule has 0 spiro atoms. The fraction of sp³-hybridized carbons (Fsp3) is 0.382. The Bertz CT molecular complexity index is 1840. The molecule has 1 aromatic heterocycles. The van der Waals surface area contributed by atoms with Crippen molar-refractivity contribution in [2.75, 3.05) is 24.8 Å². The number of benzene rings is 3. The van der Waals surface area contributed by atoms with Crippen molar-refractivity contribution in [2.45, 2.75) is 59.2 Å². The monoisotopic (exact) mass is 637 g/mol. The molecule has 45 heavy (non-hydrogen) atoms. The number of amides is 1. The van der Waals surface area contributed by atoms with Gasteiger partial charge in [0, 0.05) is 17.0 Å². The number of aryl methyl sites for hydroxylation is 1. The van der Waals surface area contributed by atoms with Gasteiger partial charge >= 0.3 is 12.1 Å². The number of pyridine rings is 1. The first kappa shape index (κ1) is 33.7. The molecule has 0 atom stereocenters. The van der Waals surface area contributed by atoms with Crippen LogP contribution in [0.15, 0.2) is 60.7 Å². The molecule has 11 heteroatoms. The minimum atomic E-state index is -3.55. The largest absolute Gasteiger partial charge is 0.491 e. The van der Waals surface area contributed by atoms with Crippen LogP contribution in [0.2, 0.25) is 0 Å². The summed E-state index contributed by atoms with van der Waals surface area (Å²) in [6, 6.07) is 19.1. The van der Waals surface area contributed by atoms with E-state index >= 15 is 0 Å². The van der Waals surface area contributed by atoms with Gasteiger partial charge in [-0.25, -0.2) is 4.79 Å². The van der Waals surface area contributed by atoms with Crippen molar-refractivity contribution in [1.82, 2.24) is 0 Å². The molecule has 0 aliphatic carbocycles. The van der Waals surface area contributed by atoms with Gasteiger partial charge in [0.1, 0.15) is 37.2 Å². The van der Waals surface area contributed by atoms with Crippen molar-refractivity contribution in [2.24, 2.45) is 7.05 Å². The standard InChI is InChI=1S/C34H40N2O8S/c1-33(2,3)43-30(37)20-22-9-15-26-27-16-12-24(35-32(38)44-34(4,5)6)21-29(27)36(7)31(28(26)19-22)23-10-13-25(14-11-23)41-17-18-42-45(8,39)40/h9-16,19,21H,17-18,20H2,1-8H3/p+1. The van der Waals surface area contributed by atoms with E-state index in [1.807, 2.05) is 102 Å². The first-order valence-electron chi connectivity index (χ1n) is 14.6. The minimum Gasteiger partial charge on any atom is -0.491 e. The Kier molecular flexibility index (Phi) is 9.74. The highest BCUT2D eigenvalue weighted by Gasteiger charge is 2.24. The minimum absolute atomic E-state index is 0.0700. The highest BCUT2D eigenvalue weighted by Crippen LogP contribution is 2.34. The summed E-state index contributed by atoms with van der Waals surface area (Å²) in [4.78, 5) is 25.2. The van der Waals surface area contributed by atoms with Crippen molar-refractivity contribution in [3.8, 4) is 17.0 Å². The molecule has 3 aromatic carbocycles. The van der Waals surface area contributed by atoms with Gasteiger partial charge in [-0.05, 0) is 89.6 Å². The number of hydrogen-bond donors (Lipinski definition) is 1.